The zero-order chi connectivity index (χ0) is 16.0. The number of fused-ring (bicyclic) bond motifs is 2. The molecule has 2 aromatic rings. The minimum Gasteiger partial charge on any atom is -0.298 e. The molecular weight excluding hydrogens is 306 g/mol. The number of hydrogen-bond acceptors (Lipinski definition) is 4. The van der Waals surface area contributed by atoms with Gasteiger partial charge in [0, 0.05) is 17.5 Å². The van der Waals surface area contributed by atoms with Gasteiger partial charge in [-0.15, -0.1) is 11.3 Å². The third-order valence-electron chi connectivity index (χ3n) is 4.97. The van der Waals surface area contributed by atoms with Gasteiger partial charge in [0.2, 0.25) is 0 Å². The van der Waals surface area contributed by atoms with Crippen LogP contribution in [0.15, 0.2) is 41.4 Å². The summed E-state index contributed by atoms with van der Waals surface area (Å²) in [7, 11) is 0. The molecule has 1 spiro atoms. The Bertz CT molecular complexity index is 835. The summed E-state index contributed by atoms with van der Waals surface area (Å²) in [6.45, 7) is 1.60. The number of carbonyl (C=O) groups excluding carboxylic acids is 2. The molecule has 1 aliphatic heterocycles. The number of hydrogen-bond donors (Lipinski definition) is 0. The van der Waals surface area contributed by atoms with Crippen molar-refractivity contribution in [2.24, 2.45) is 4.99 Å². The van der Waals surface area contributed by atoms with Gasteiger partial charge in [0.25, 0.3) is 0 Å². The third-order valence-corrected chi connectivity index (χ3v) is 6.32. The predicted molar refractivity (Wildman–Crippen MR) is 92.2 cm³/mol. The molecule has 2 atom stereocenters. The van der Waals surface area contributed by atoms with Gasteiger partial charge >= 0.3 is 0 Å². The van der Waals surface area contributed by atoms with Gasteiger partial charge < -0.3 is 0 Å². The number of para-hydroxylation sites is 1. The molecule has 1 aliphatic carbocycles. The minimum atomic E-state index is -0.570. The van der Waals surface area contributed by atoms with Crippen LogP contribution in [0.1, 0.15) is 52.2 Å². The second-order valence-electron chi connectivity index (χ2n) is 6.37. The molecule has 116 valence electrons. The highest BCUT2D eigenvalue weighted by Crippen LogP contribution is 2.49. The Morgan fingerprint density at radius 2 is 2.09 bits per heavy atom. The Morgan fingerprint density at radius 1 is 1.26 bits per heavy atom. The number of rotatable bonds is 2. The molecule has 1 saturated carbocycles. The van der Waals surface area contributed by atoms with Crippen LogP contribution in [-0.4, -0.2) is 17.8 Å². The number of benzene rings is 1. The topological polar surface area (TPSA) is 46.5 Å². The average molecular weight is 323 g/mol. The van der Waals surface area contributed by atoms with Crippen LogP contribution in [0.4, 0.5) is 5.69 Å². The molecule has 1 fully saturated rings. The average Bonchev–Trinajstić information content (AvgIpc) is 3.17. The second-order valence-corrected chi connectivity index (χ2v) is 7.48. The first-order valence-corrected chi connectivity index (χ1v) is 8.70. The van der Waals surface area contributed by atoms with Crippen LogP contribution in [0.3, 0.4) is 0 Å². The van der Waals surface area contributed by atoms with Crippen LogP contribution >= 0.6 is 11.3 Å². The van der Waals surface area contributed by atoms with Gasteiger partial charge in [-0.05, 0) is 49.4 Å². The van der Waals surface area contributed by atoms with Crippen LogP contribution in [0, 0.1) is 0 Å². The maximum Gasteiger partial charge on any atom is 0.169 e. The summed E-state index contributed by atoms with van der Waals surface area (Å²) in [6.07, 6.45) is 4.03. The van der Waals surface area contributed by atoms with Crippen LogP contribution in [0.2, 0.25) is 0 Å². The fourth-order valence-corrected chi connectivity index (χ4v) is 4.77. The smallest absolute Gasteiger partial charge is 0.169 e. The van der Waals surface area contributed by atoms with E-state index in [4.69, 9.17) is 0 Å². The van der Waals surface area contributed by atoms with E-state index in [9.17, 15) is 9.59 Å². The molecule has 23 heavy (non-hydrogen) atoms. The molecule has 0 amide bonds. The molecule has 4 heteroatoms. The van der Waals surface area contributed by atoms with E-state index >= 15 is 0 Å². The highest BCUT2D eigenvalue weighted by atomic mass is 32.1. The van der Waals surface area contributed by atoms with Crippen molar-refractivity contribution in [2.75, 3.05) is 0 Å². The fourth-order valence-electron chi connectivity index (χ4n) is 3.73. The molecule has 0 saturated heterocycles. The molecule has 0 N–H and O–H groups in total. The van der Waals surface area contributed by atoms with Crippen molar-refractivity contribution >= 4 is 34.8 Å². The zero-order valence-corrected chi connectivity index (χ0v) is 13.7. The van der Waals surface area contributed by atoms with Crippen molar-refractivity contribution in [3.8, 4) is 0 Å². The Morgan fingerprint density at radius 3 is 2.87 bits per heavy atom. The fraction of sp³-hybridized carbons (Fsp3) is 0.316. The van der Waals surface area contributed by atoms with Gasteiger partial charge in [-0.25, -0.2) is 0 Å². The lowest BCUT2D eigenvalue weighted by atomic mass is 9.66. The Kier molecular flexibility index (Phi) is 3.31. The SMILES string of the molecule is CC(=O)c1ccc(C2CCC(=O)C3(C=Nc4ccccc43)C2)s1. The van der Waals surface area contributed by atoms with Crippen molar-refractivity contribution in [3.63, 3.8) is 0 Å². The monoisotopic (exact) mass is 323 g/mol. The summed E-state index contributed by atoms with van der Waals surface area (Å²) in [5.74, 6) is 0.685. The van der Waals surface area contributed by atoms with E-state index in [2.05, 4.69) is 4.99 Å². The Labute approximate surface area is 139 Å². The van der Waals surface area contributed by atoms with Gasteiger partial charge in [-0.1, -0.05) is 18.2 Å². The van der Waals surface area contributed by atoms with E-state index in [-0.39, 0.29) is 11.6 Å². The molecule has 2 aliphatic rings. The first-order valence-electron chi connectivity index (χ1n) is 7.89. The van der Waals surface area contributed by atoms with Crippen molar-refractivity contribution in [3.05, 3.63) is 51.7 Å². The van der Waals surface area contributed by atoms with Crippen molar-refractivity contribution in [2.45, 2.75) is 37.5 Å². The second kappa shape index (κ2) is 5.24. The summed E-state index contributed by atoms with van der Waals surface area (Å²) >= 11 is 1.57. The molecule has 4 rings (SSSR count). The van der Waals surface area contributed by atoms with E-state index in [1.54, 1.807) is 18.3 Å². The molecular formula is C19H17NO2S. The van der Waals surface area contributed by atoms with E-state index in [1.165, 1.54) is 4.88 Å². The number of aliphatic imine (C=N–C) groups is 1. The summed E-state index contributed by atoms with van der Waals surface area (Å²) in [5.41, 5.74) is 1.38. The van der Waals surface area contributed by atoms with Crippen molar-refractivity contribution in [1.29, 1.82) is 0 Å². The summed E-state index contributed by atoms with van der Waals surface area (Å²) in [5, 5.41) is 0. The molecule has 0 bridgehead atoms. The third kappa shape index (κ3) is 2.20. The number of thiophene rings is 1. The van der Waals surface area contributed by atoms with Crippen molar-refractivity contribution < 1.29 is 9.59 Å². The zero-order valence-electron chi connectivity index (χ0n) is 12.9. The number of nitrogens with zero attached hydrogens (tertiary/aromatic N) is 1. The molecule has 2 unspecified atom stereocenters. The summed E-state index contributed by atoms with van der Waals surface area (Å²) in [4.78, 5) is 30.8. The van der Waals surface area contributed by atoms with E-state index in [0.717, 1.165) is 29.0 Å². The van der Waals surface area contributed by atoms with Gasteiger partial charge in [0.1, 0.15) is 5.78 Å². The number of ketones is 2. The highest BCUT2D eigenvalue weighted by Gasteiger charge is 2.47. The van der Waals surface area contributed by atoms with Gasteiger partial charge in [-0.2, -0.15) is 0 Å². The summed E-state index contributed by atoms with van der Waals surface area (Å²) in [6, 6.07) is 11.9. The van der Waals surface area contributed by atoms with Gasteiger partial charge in [0.05, 0.1) is 16.0 Å². The first-order chi connectivity index (χ1) is 11.1. The van der Waals surface area contributed by atoms with Crippen molar-refractivity contribution in [1.82, 2.24) is 0 Å². The van der Waals surface area contributed by atoms with Crippen LogP contribution < -0.4 is 0 Å². The minimum absolute atomic E-state index is 0.107. The maximum absolute atomic E-state index is 12.7. The number of carbonyl (C=O) groups is 2. The van der Waals surface area contributed by atoms with Gasteiger partial charge in [-0.3, -0.25) is 14.6 Å². The van der Waals surface area contributed by atoms with E-state index in [0.29, 0.717) is 12.3 Å². The van der Waals surface area contributed by atoms with E-state index in [1.807, 2.05) is 42.6 Å². The Hall–Kier alpha value is -2.07. The van der Waals surface area contributed by atoms with E-state index < -0.39 is 5.41 Å². The highest BCUT2D eigenvalue weighted by molar-refractivity contribution is 7.14. The lowest BCUT2D eigenvalue weighted by Crippen LogP contribution is -2.40. The largest absolute Gasteiger partial charge is 0.298 e. The Balaban J connectivity index is 1.71. The predicted octanol–water partition coefficient (Wildman–Crippen LogP) is 4.44. The van der Waals surface area contributed by atoms with Crippen LogP contribution in [-0.2, 0) is 10.2 Å². The van der Waals surface area contributed by atoms with Crippen LogP contribution in [0.25, 0.3) is 0 Å². The first kappa shape index (κ1) is 14.5. The lowest BCUT2D eigenvalue weighted by Gasteiger charge is -2.35. The molecule has 1 aromatic carbocycles. The molecule has 0 radical (unpaired) electrons. The molecule has 3 nitrogen and oxygen atoms in total. The quantitative estimate of drug-likeness (QED) is 0.767. The summed E-state index contributed by atoms with van der Waals surface area (Å²) < 4.78 is 0. The lowest BCUT2D eigenvalue weighted by molar-refractivity contribution is -0.124. The molecule has 1 aromatic heterocycles. The normalized spacial score (nSPS) is 25.8. The molecule has 2 heterocycles. The van der Waals surface area contributed by atoms with Gasteiger partial charge in [0.15, 0.2) is 5.78 Å². The standard InChI is InChI=1S/C19H17NO2S/c1-12(21)16-7-8-17(23-16)13-6-9-18(22)19(10-13)11-20-15-5-3-2-4-14(15)19/h2-5,7-8,11,13H,6,9-10H2,1H3. The number of Topliss-reactive ketones (excluding diaryl/α,β-unsaturated/α-hetero) is 2. The van der Waals surface area contributed by atoms with Crippen LogP contribution in [0.5, 0.6) is 0 Å². The maximum atomic E-state index is 12.7.